The van der Waals surface area contributed by atoms with Crippen LogP contribution in [-0.4, -0.2) is 62.8 Å². The predicted molar refractivity (Wildman–Crippen MR) is 175 cm³/mol. The van der Waals surface area contributed by atoms with E-state index in [1.54, 1.807) is 27.4 Å². The largest absolute Gasteiger partial charge is 0.507 e. The first kappa shape index (κ1) is 31.6. The number of nitrogens with zero attached hydrogens (tertiary/aromatic N) is 1. The standard InChI is InChI=1S/C37H38N2O8/c1-43-31-12-5-23(19-33(31)45-3)6-14-35(41)39-17-15-24-20-26-8-10-28(24)36(39)25-7-13-32(44-2)34(21-25)46-18-4-16-38-37(42)29-22-27(47-26)9-11-30(29)40/h5,7-13,19-22,36,40H,4,6,14-18H2,1-3H3,(H,38,42). The van der Waals surface area contributed by atoms with Gasteiger partial charge in [-0.3, -0.25) is 9.59 Å². The second kappa shape index (κ2) is 13.9. The molecule has 1 atom stereocenters. The molecule has 0 aromatic heterocycles. The number of amides is 2. The molecule has 0 radical (unpaired) electrons. The lowest BCUT2D eigenvalue weighted by Crippen LogP contribution is -2.40. The zero-order valence-corrected chi connectivity index (χ0v) is 26.7. The average Bonchev–Trinajstić information content (AvgIpc) is 3.10. The fourth-order valence-corrected chi connectivity index (χ4v) is 6.15. The number of hydrogen-bond acceptors (Lipinski definition) is 8. The Morgan fingerprint density at radius 3 is 2.49 bits per heavy atom. The molecule has 3 aliphatic heterocycles. The minimum atomic E-state index is -0.405. The second-order valence-electron chi connectivity index (χ2n) is 11.4. The summed E-state index contributed by atoms with van der Waals surface area (Å²) in [5.41, 5.74) is 4.04. The van der Waals surface area contributed by atoms with Gasteiger partial charge in [0.15, 0.2) is 23.0 Å². The lowest BCUT2D eigenvalue weighted by molar-refractivity contribution is -0.133. The summed E-state index contributed by atoms with van der Waals surface area (Å²) < 4.78 is 28.8. The number of aromatic hydroxyl groups is 1. The van der Waals surface area contributed by atoms with E-state index in [-0.39, 0.29) is 23.3 Å². The monoisotopic (exact) mass is 638 g/mol. The van der Waals surface area contributed by atoms with Gasteiger partial charge >= 0.3 is 0 Å². The molecule has 10 nitrogen and oxygen atoms in total. The highest BCUT2D eigenvalue weighted by Crippen LogP contribution is 2.41. The molecule has 0 fully saturated rings. The molecule has 7 rings (SSSR count). The van der Waals surface area contributed by atoms with E-state index >= 15 is 0 Å². The summed E-state index contributed by atoms with van der Waals surface area (Å²) in [5.74, 6) is 2.90. The van der Waals surface area contributed by atoms with Crippen molar-refractivity contribution in [3.05, 3.63) is 101 Å². The van der Waals surface area contributed by atoms with E-state index in [2.05, 4.69) is 5.32 Å². The fraction of sp³-hybridized carbons (Fsp3) is 0.297. The molecule has 10 heteroatoms. The Kier molecular flexibility index (Phi) is 9.37. The van der Waals surface area contributed by atoms with Crippen LogP contribution < -0.4 is 29.0 Å². The van der Waals surface area contributed by atoms with E-state index in [1.807, 2.05) is 59.5 Å². The Morgan fingerprint density at radius 1 is 0.915 bits per heavy atom. The third-order valence-electron chi connectivity index (χ3n) is 8.55. The zero-order valence-electron chi connectivity index (χ0n) is 26.7. The number of carbonyl (C=O) groups is 2. The molecule has 0 saturated heterocycles. The number of phenolic OH excluding ortho intramolecular Hbond substituents is 1. The highest BCUT2D eigenvalue weighted by atomic mass is 16.5. The van der Waals surface area contributed by atoms with Crippen molar-refractivity contribution in [1.82, 2.24) is 10.2 Å². The third kappa shape index (κ3) is 6.77. The molecule has 2 N–H and O–H groups in total. The van der Waals surface area contributed by atoms with Gasteiger partial charge in [-0.2, -0.15) is 0 Å². The van der Waals surface area contributed by atoms with Crippen LogP contribution in [0.2, 0.25) is 0 Å². The van der Waals surface area contributed by atoms with Crippen LogP contribution in [0, 0.1) is 0 Å². The van der Waals surface area contributed by atoms with Gasteiger partial charge in [0, 0.05) is 19.5 Å². The van der Waals surface area contributed by atoms with Crippen LogP contribution in [0.25, 0.3) is 0 Å². The van der Waals surface area contributed by atoms with Gasteiger partial charge in [-0.05, 0) is 96.1 Å². The first-order valence-corrected chi connectivity index (χ1v) is 15.6. The van der Waals surface area contributed by atoms with Crippen LogP contribution in [0.15, 0.2) is 72.8 Å². The first-order valence-electron chi connectivity index (χ1n) is 15.6. The quantitative estimate of drug-likeness (QED) is 0.271. The van der Waals surface area contributed by atoms with Crippen molar-refractivity contribution in [2.45, 2.75) is 31.7 Å². The Morgan fingerprint density at radius 2 is 1.68 bits per heavy atom. The normalized spacial score (nSPS) is 15.8. The maximum absolute atomic E-state index is 14.0. The number of carbonyl (C=O) groups excluding carboxylic acids is 2. The topological polar surface area (TPSA) is 116 Å². The number of ether oxygens (including phenoxy) is 5. The Bertz CT molecular complexity index is 1790. The molecule has 1 unspecified atom stereocenters. The fourth-order valence-electron chi connectivity index (χ4n) is 6.15. The molecule has 4 aromatic carbocycles. The van der Waals surface area contributed by atoms with Crippen molar-refractivity contribution < 1.29 is 38.4 Å². The van der Waals surface area contributed by atoms with E-state index < -0.39 is 5.91 Å². The highest BCUT2D eigenvalue weighted by molar-refractivity contribution is 5.97. The Hall–Kier alpha value is -5.38. The van der Waals surface area contributed by atoms with E-state index in [9.17, 15) is 14.7 Å². The van der Waals surface area contributed by atoms with E-state index in [0.717, 1.165) is 22.3 Å². The molecule has 2 amide bonds. The van der Waals surface area contributed by atoms with Gasteiger partial charge in [-0.25, -0.2) is 0 Å². The number of benzene rings is 4. The van der Waals surface area contributed by atoms with Gasteiger partial charge < -0.3 is 39.0 Å². The molecule has 8 bridgehead atoms. The number of rotatable bonds is 6. The second-order valence-corrected chi connectivity index (χ2v) is 11.4. The number of phenols is 1. The summed E-state index contributed by atoms with van der Waals surface area (Å²) in [6.45, 7) is 1.16. The van der Waals surface area contributed by atoms with Gasteiger partial charge in [0.25, 0.3) is 5.91 Å². The van der Waals surface area contributed by atoms with Crippen molar-refractivity contribution in [2.24, 2.45) is 0 Å². The number of hydrogen-bond donors (Lipinski definition) is 2. The third-order valence-corrected chi connectivity index (χ3v) is 8.55. The minimum absolute atomic E-state index is 0.0311. The summed E-state index contributed by atoms with van der Waals surface area (Å²) >= 11 is 0. The highest BCUT2D eigenvalue weighted by Gasteiger charge is 2.33. The molecular formula is C37H38N2O8. The Balaban J connectivity index is 1.36. The maximum Gasteiger partial charge on any atom is 0.255 e. The van der Waals surface area contributed by atoms with Crippen LogP contribution in [-0.2, 0) is 17.6 Å². The molecule has 4 aromatic rings. The van der Waals surface area contributed by atoms with Gasteiger partial charge in [0.05, 0.1) is 39.5 Å². The maximum atomic E-state index is 14.0. The summed E-state index contributed by atoms with van der Waals surface area (Å²) in [7, 11) is 4.78. The van der Waals surface area contributed by atoms with Crippen LogP contribution in [0.4, 0.5) is 0 Å². The summed E-state index contributed by atoms with van der Waals surface area (Å²) in [4.78, 5) is 28.8. The van der Waals surface area contributed by atoms with Crippen molar-refractivity contribution in [1.29, 1.82) is 0 Å². The molecule has 3 heterocycles. The van der Waals surface area contributed by atoms with Crippen LogP contribution in [0.1, 0.15) is 51.5 Å². The van der Waals surface area contributed by atoms with Crippen LogP contribution >= 0.6 is 0 Å². The number of aryl methyl sites for hydroxylation is 1. The lowest BCUT2D eigenvalue weighted by Gasteiger charge is -2.38. The van der Waals surface area contributed by atoms with E-state index in [1.165, 1.54) is 12.1 Å². The Labute approximate surface area is 273 Å². The number of methoxy groups -OCH3 is 3. The molecule has 244 valence electrons. The van der Waals surface area contributed by atoms with Gasteiger partial charge in [-0.15, -0.1) is 0 Å². The summed E-state index contributed by atoms with van der Waals surface area (Å²) in [6, 6.07) is 21.5. The number of fused-ring (bicyclic) bond motifs is 6. The molecule has 47 heavy (non-hydrogen) atoms. The molecule has 0 saturated carbocycles. The van der Waals surface area contributed by atoms with E-state index in [0.29, 0.717) is 79.9 Å². The van der Waals surface area contributed by atoms with Gasteiger partial charge in [-0.1, -0.05) is 18.2 Å². The average molecular weight is 639 g/mol. The first-order chi connectivity index (χ1) is 22.9. The van der Waals surface area contributed by atoms with Crippen molar-refractivity contribution in [2.75, 3.05) is 41.0 Å². The zero-order chi connectivity index (χ0) is 32.9. The lowest BCUT2D eigenvalue weighted by atomic mass is 9.87. The minimum Gasteiger partial charge on any atom is -0.507 e. The van der Waals surface area contributed by atoms with Crippen LogP contribution in [0.5, 0.6) is 40.2 Å². The summed E-state index contributed by atoms with van der Waals surface area (Å²) in [5, 5.41) is 13.2. The van der Waals surface area contributed by atoms with Crippen molar-refractivity contribution in [3.8, 4) is 40.2 Å². The van der Waals surface area contributed by atoms with Gasteiger partial charge in [0.2, 0.25) is 5.91 Å². The smallest absolute Gasteiger partial charge is 0.255 e. The molecular weight excluding hydrogens is 600 g/mol. The predicted octanol–water partition coefficient (Wildman–Crippen LogP) is 5.83. The van der Waals surface area contributed by atoms with Crippen molar-refractivity contribution >= 4 is 11.8 Å². The molecule has 0 aliphatic carbocycles. The molecule has 0 spiro atoms. The number of nitrogens with one attached hydrogen (secondary N) is 1. The summed E-state index contributed by atoms with van der Waals surface area (Å²) in [6.07, 6.45) is 2.01. The van der Waals surface area contributed by atoms with Crippen molar-refractivity contribution in [3.63, 3.8) is 0 Å². The van der Waals surface area contributed by atoms with Crippen LogP contribution in [0.3, 0.4) is 0 Å². The molecule has 3 aliphatic rings. The van der Waals surface area contributed by atoms with Gasteiger partial charge in [0.1, 0.15) is 17.2 Å². The van der Waals surface area contributed by atoms with E-state index in [4.69, 9.17) is 23.7 Å². The SMILES string of the molecule is COc1ccc(CCC(=O)N2CCc3cc4ccc3C2c2ccc(OC)c(c2)OCCCNC(=O)c2cc(ccc2O)O4)cc1OC.